The minimum atomic E-state index is 0.392. The maximum absolute atomic E-state index is 5.63. The summed E-state index contributed by atoms with van der Waals surface area (Å²) in [6, 6.07) is 7.69. The van der Waals surface area contributed by atoms with Crippen LogP contribution in [0.1, 0.15) is 11.4 Å². The number of rotatable bonds is 3. The van der Waals surface area contributed by atoms with E-state index in [0.717, 1.165) is 15.8 Å². The maximum Gasteiger partial charge on any atom is 0.166 e. The molecule has 0 radical (unpaired) electrons. The van der Waals surface area contributed by atoms with Crippen molar-refractivity contribution in [1.82, 2.24) is 9.97 Å². The molecular formula is C12H11BrN2O. The molecule has 3 nitrogen and oxygen atoms in total. The molecule has 0 bridgehead atoms. The zero-order valence-electron chi connectivity index (χ0n) is 8.85. The van der Waals surface area contributed by atoms with Gasteiger partial charge in [0.25, 0.3) is 0 Å². The Bertz CT molecular complexity index is 474. The van der Waals surface area contributed by atoms with Gasteiger partial charge in [-0.25, -0.2) is 9.97 Å². The molecule has 0 saturated carbocycles. The summed E-state index contributed by atoms with van der Waals surface area (Å²) in [7, 11) is 0. The van der Waals surface area contributed by atoms with Gasteiger partial charge in [0.05, 0.1) is 0 Å². The van der Waals surface area contributed by atoms with E-state index >= 15 is 0 Å². The lowest BCUT2D eigenvalue weighted by Crippen LogP contribution is -2.01. The first-order valence-corrected chi connectivity index (χ1v) is 5.70. The molecule has 0 aliphatic rings. The van der Waals surface area contributed by atoms with Crippen molar-refractivity contribution in [3.8, 4) is 5.75 Å². The fraction of sp³-hybridized carbons (Fsp3) is 0.167. The Morgan fingerprint density at radius 2 is 2.00 bits per heavy atom. The number of benzene rings is 1. The first kappa shape index (κ1) is 11.1. The van der Waals surface area contributed by atoms with E-state index in [9.17, 15) is 0 Å². The standard InChI is InChI=1S/C12H11BrN2O/c1-9-7-10(13)3-4-11(9)16-8-12-14-5-2-6-15-12/h2-7H,8H2,1H3. The summed E-state index contributed by atoms with van der Waals surface area (Å²) >= 11 is 3.41. The number of ether oxygens (including phenoxy) is 1. The monoisotopic (exact) mass is 278 g/mol. The van der Waals surface area contributed by atoms with Crippen molar-refractivity contribution in [2.45, 2.75) is 13.5 Å². The molecule has 0 aliphatic carbocycles. The van der Waals surface area contributed by atoms with Gasteiger partial charge < -0.3 is 4.74 Å². The fourth-order valence-electron chi connectivity index (χ4n) is 1.32. The van der Waals surface area contributed by atoms with Gasteiger partial charge in [0, 0.05) is 16.9 Å². The van der Waals surface area contributed by atoms with E-state index in [1.54, 1.807) is 18.5 Å². The van der Waals surface area contributed by atoms with Crippen molar-refractivity contribution < 1.29 is 4.74 Å². The van der Waals surface area contributed by atoms with Gasteiger partial charge in [0.15, 0.2) is 5.82 Å². The lowest BCUT2D eigenvalue weighted by molar-refractivity contribution is 0.293. The van der Waals surface area contributed by atoms with Crippen LogP contribution in [0.5, 0.6) is 5.75 Å². The van der Waals surface area contributed by atoms with Gasteiger partial charge in [-0.1, -0.05) is 15.9 Å². The molecule has 0 amide bonds. The predicted octanol–water partition coefficient (Wildman–Crippen LogP) is 3.13. The molecule has 0 unspecified atom stereocenters. The average molecular weight is 279 g/mol. The Hall–Kier alpha value is -1.42. The Balaban J connectivity index is 2.05. The number of hydrogen-bond donors (Lipinski definition) is 0. The second-order valence-electron chi connectivity index (χ2n) is 3.36. The summed E-state index contributed by atoms with van der Waals surface area (Å²) < 4.78 is 6.68. The molecule has 0 aliphatic heterocycles. The molecular weight excluding hydrogens is 268 g/mol. The van der Waals surface area contributed by atoms with Gasteiger partial charge in [-0.05, 0) is 36.8 Å². The van der Waals surface area contributed by atoms with Crippen LogP contribution in [0.2, 0.25) is 0 Å². The zero-order chi connectivity index (χ0) is 11.4. The predicted molar refractivity (Wildman–Crippen MR) is 65.2 cm³/mol. The van der Waals surface area contributed by atoms with Crippen molar-refractivity contribution in [1.29, 1.82) is 0 Å². The van der Waals surface area contributed by atoms with E-state index in [-0.39, 0.29) is 0 Å². The largest absolute Gasteiger partial charge is 0.485 e. The van der Waals surface area contributed by atoms with Gasteiger partial charge in [0.1, 0.15) is 12.4 Å². The van der Waals surface area contributed by atoms with Crippen molar-refractivity contribution in [3.63, 3.8) is 0 Å². The second kappa shape index (κ2) is 5.07. The molecule has 0 atom stereocenters. The Morgan fingerprint density at radius 1 is 1.25 bits per heavy atom. The Labute approximate surface area is 103 Å². The van der Waals surface area contributed by atoms with E-state index in [1.165, 1.54) is 0 Å². The summed E-state index contributed by atoms with van der Waals surface area (Å²) in [4.78, 5) is 8.19. The lowest BCUT2D eigenvalue weighted by atomic mass is 10.2. The van der Waals surface area contributed by atoms with E-state index in [0.29, 0.717) is 12.4 Å². The summed E-state index contributed by atoms with van der Waals surface area (Å²) in [5.74, 6) is 1.54. The number of hydrogen-bond acceptors (Lipinski definition) is 3. The van der Waals surface area contributed by atoms with Gasteiger partial charge in [-0.2, -0.15) is 0 Å². The summed E-state index contributed by atoms with van der Waals surface area (Å²) in [5.41, 5.74) is 1.09. The molecule has 82 valence electrons. The van der Waals surface area contributed by atoms with E-state index in [2.05, 4.69) is 25.9 Å². The number of halogens is 1. The molecule has 16 heavy (non-hydrogen) atoms. The van der Waals surface area contributed by atoms with E-state index < -0.39 is 0 Å². The van der Waals surface area contributed by atoms with Crippen LogP contribution in [0.15, 0.2) is 41.1 Å². The highest BCUT2D eigenvalue weighted by atomic mass is 79.9. The molecule has 1 heterocycles. The van der Waals surface area contributed by atoms with Crippen LogP contribution in [-0.2, 0) is 6.61 Å². The van der Waals surface area contributed by atoms with Gasteiger partial charge >= 0.3 is 0 Å². The highest BCUT2D eigenvalue weighted by Crippen LogP contribution is 2.22. The normalized spacial score (nSPS) is 10.1. The van der Waals surface area contributed by atoms with Gasteiger partial charge in [-0.3, -0.25) is 0 Å². The van der Waals surface area contributed by atoms with Crippen LogP contribution in [0.25, 0.3) is 0 Å². The smallest absolute Gasteiger partial charge is 0.166 e. The average Bonchev–Trinajstić information content (AvgIpc) is 2.29. The first-order valence-electron chi connectivity index (χ1n) is 4.90. The minimum Gasteiger partial charge on any atom is -0.485 e. The van der Waals surface area contributed by atoms with E-state index in [4.69, 9.17) is 4.74 Å². The van der Waals surface area contributed by atoms with Crippen molar-refractivity contribution >= 4 is 15.9 Å². The summed E-state index contributed by atoms with van der Waals surface area (Å²) in [6.45, 7) is 2.40. The Kier molecular flexibility index (Phi) is 3.51. The summed E-state index contributed by atoms with van der Waals surface area (Å²) in [5, 5.41) is 0. The maximum atomic E-state index is 5.63. The molecule has 4 heteroatoms. The van der Waals surface area contributed by atoms with Crippen LogP contribution < -0.4 is 4.74 Å². The highest BCUT2D eigenvalue weighted by molar-refractivity contribution is 9.10. The van der Waals surface area contributed by atoms with Crippen molar-refractivity contribution in [3.05, 3.63) is 52.5 Å². The lowest BCUT2D eigenvalue weighted by Gasteiger charge is -2.08. The number of nitrogens with zero attached hydrogens (tertiary/aromatic N) is 2. The van der Waals surface area contributed by atoms with Crippen LogP contribution in [0, 0.1) is 6.92 Å². The van der Waals surface area contributed by atoms with E-state index in [1.807, 2.05) is 25.1 Å². The number of aromatic nitrogens is 2. The third-order valence-corrected chi connectivity index (χ3v) is 2.61. The molecule has 0 fully saturated rings. The number of aryl methyl sites for hydroxylation is 1. The second-order valence-corrected chi connectivity index (χ2v) is 4.28. The van der Waals surface area contributed by atoms with Crippen LogP contribution in [-0.4, -0.2) is 9.97 Å². The van der Waals surface area contributed by atoms with Gasteiger partial charge in [0.2, 0.25) is 0 Å². The quantitative estimate of drug-likeness (QED) is 0.865. The zero-order valence-corrected chi connectivity index (χ0v) is 10.4. The molecule has 1 aromatic heterocycles. The van der Waals surface area contributed by atoms with Crippen molar-refractivity contribution in [2.24, 2.45) is 0 Å². The third kappa shape index (κ3) is 2.79. The van der Waals surface area contributed by atoms with Crippen molar-refractivity contribution in [2.75, 3.05) is 0 Å². The molecule has 1 aromatic carbocycles. The van der Waals surface area contributed by atoms with Gasteiger partial charge in [-0.15, -0.1) is 0 Å². The van der Waals surface area contributed by atoms with Crippen LogP contribution in [0.4, 0.5) is 0 Å². The fourth-order valence-corrected chi connectivity index (χ4v) is 1.80. The van der Waals surface area contributed by atoms with Crippen LogP contribution >= 0.6 is 15.9 Å². The summed E-state index contributed by atoms with van der Waals surface area (Å²) in [6.07, 6.45) is 3.42. The molecule has 2 rings (SSSR count). The topological polar surface area (TPSA) is 35.0 Å². The molecule has 0 N–H and O–H groups in total. The molecule has 2 aromatic rings. The first-order chi connectivity index (χ1) is 7.75. The SMILES string of the molecule is Cc1cc(Br)ccc1OCc1ncccn1. The minimum absolute atomic E-state index is 0.392. The van der Waals surface area contributed by atoms with Crippen LogP contribution in [0.3, 0.4) is 0 Å². The third-order valence-electron chi connectivity index (χ3n) is 2.11. The molecule has 0 saturated heterocycles. The Morgan fingerprint density at radius 3 is 2.69 bits per heavy atom. The molecule has 0 spiro atoms. The highest BCUT2D eigenvalue weighted by Gasteiger charge is 2.01.